The van der Waals surface area contributed by atoms with Crippen molar-refractivity contribution in [3.63, 3.8) is 0 Å². The van der Waals surface area contributed by atoms with Gasteiger partial charge >= 0.3 is 0 Å². The zero-order chi connectivity index (χ0) is 22.2. The van der Waals surface area contributed by atoms with Gasteiger partial charge in [-0.15, -0.1) is 0 Å². The molecule has 1 unspecified atom stereocenters. The van der Waals surface area contributed by atoms with Gasteiger partial charge in [0.15, 0.2) is 0 Å². The number of pyridine rings is 1. The van der Waals surface area contributed by atoms with Gasteiger partial charge in [0.25, 0.3) is 11.8 Å². The molecule has 0 saturated carbocycles. The predicted molar refractivity (Wildman–Crippen MR) is 124 cm³/mol. The molecule has 1 aromatic heterocycles. The smallest absolute Gasteiger partial charge is 0.254 e. The molecule has 162 valence electrons. The standard InChI is InChI=1S/C25H30N4O2/c1-4-5-10-26-13-19-6-8-20(9-7-19)21-12-22(15-27-14-21)24(30)28-16-23-17(2)11-18(3)29-25(23)31/h6-9,11-12,14-15,23,26H,4-5,10,13,16H2,1-3H3,(H,28,30). The van der Waals surface area contributed by atoms with Crippen LogP contribution in [0, 0.1) is 5.92 Å². The van der Waals surface area contributed by atoms with E-state index in [1.54, 1.807) is 19.3 Å². The summed E-state index contributed by atoms with van der Waals surface area (Å²) < 4.78 is 0. The lowest BCUT2D eigenvalue weighted by molar-refractivity contribution is -0.120. The first kappa shape index (κ1) is 22.6. The number of benzene rings is 1. The summed E-state index contributed by atoms with van der Waals surface area (Å²) in [6.07, 6.45) is 7.53. The molecule has 3 rings (SSSR count). The molecule has 2 amide bonds. The van der Waals surface area contributed by atoms with Gasteiger partial charge in [0, 0.05) is 36.8 Å². The van der Waals surface area contributed by atoms with Crippen LogP contribution >= 0.6 is 0 Å². The number of aliphatic imine (C=N–C) groups is 1. The van der Waals surface area contributed by atoms with Gasteiger partial charge < -0.3 is 10.6 Å². The van der Waals surface area contributed by atoms with E-state index in [-0.39, 0.29) is 18.4 Å². The van der Waals surface area contributed by atoms with Crippen molar-refractivity contribution in [2.24, 2.45) is 10.9 Å². The molecule has 6 nitrogen and oxygen atoms in total. The van der Waals surface area contributed by atoms with Gasteiger partial charge in [0.2, 0.25) is 0 Å². The van der Waals surface area contributed by atoms with Gasteiger partial charge in [-0.1, -0.05) is 43.2 Å². The number of carbonyl (C=O) groups excluding carboxylic acids is 2. The Morgan fingerprint density at radius 3 is 2.58 bits per heavy atom. The van der Waals surface area contributed by atoms with E-state index in [0.29, 0.717) is 11.3 Å². The number of hydrogen-bond acceptors (Lipinski definition) is 4. The fourth-order valence-corrected chi connectivity index (χ4v) is 3.53. The van der Waals surface area contributed by atoms with Crippen molar-refractivity contribution in [2.75, 3.05) is 13.1 Å². The Morgan fingerprint density at radius 1 is 1.10 bits per heavy atom. The van der Waals surface area contributed by atoms with Gasteiger partial charge in [0.1, 0.15) is 0 Å². The van der Waals surface area contributed by atoms with Gasteiger partial charge in [-0.2, -0.15) is 0 Å². The van der Waals surface area contributed by atoms with Crippen LogP contribution in [0.15, 0.2) is 59.4 Å². The maximum absolute atomic E-state index is 12.6. The molecule has 1 aliphatic heterocycles. The summed E-state index contributed by atoms with van der Waals surface area (Å²) in [5.74, 6) is -0.880. The summed E-state index contributed by atoms with van der Waals surface area (Å²) in [4.78, 5) is 33.0. The highest BCUT2D eigenvalue weighted by Gasteiger charge is 2.24. The molecule has 1 aliphatic rings. The number of carbonyl (C=O) groups is 2. The zero-order valence-electron chi connectivity index (χ0n) is 18.4. The summed E-state index contributed by atoms with van der Waals surface area (Å²) in [6, 6.07) is 10.1. The number of rotatable bonds is 9. The molecule has 0 aliphatic carbocycles. The highest BCUT2D eigenvalue weighted by molar-refractivity contribution is 6.06. The first-order valence-corrected chi connectivity index (χ1v) is 10.8. The first-order chi connectivity index (χ1) is 15.0. The van der Waals surface area contributed by atoms with E-state index in [2.05, 4.69) is 39.7 Å². The van der Waals surface area contributed by atoms with Crippen LogP contribution < -0.4 is 10.6 Å². The number of nitrogens with one attached hydrogen (secondary N) is 2. The monoisotopic (exact) mass is 418 g/mol. The lowest BCUT2D eigenvalue weighted by Gasteiger charge is -2.18. The van der Waals surface area contributed by atoms with Crippen molar-refractivity contribution in [2.45, 2.75) is 40.2 Å². The third-order valence-electron chi connectivity index (χ3n) is 5.36. The Kier molecular flexibility index (Phi) is 7.84. The Labute approximate surface area is 183 Å². The largest absolute Gasteiger partial charge is 0.351 e. The maximum Gasteiger partial charge on any atom is 0.254 e. The molecule has 0 bridgehead atoms. The highest BCUT2D eigenvalue weighted by atomic mass is 16.2. The summed E-state index contributed by atoms with van der Waals surface area (Å²) in [5.41, 5.74) is 5.18. The fraction of sp³-hybridized carbons (Fsp3) is 0.360. The Morgan fingerprint density at radius 2 is 1.87 bits per heavy atom. The number of allylic oxidation sites excluding steroid dienone is 1. The summed E-state index contributed by atoms with van der Waals surface area (Å²) in [7, 11) is 0. The molecule has 1 aromatic carbocycles. The molecular weight excluding hydrogens is 388 g/mol. The van der Waals surface area contributed by atoms with Crippen LogP contribution in [0.25, 0.3) is 11.1 Å². The average molecular weight is 419 g/mol. The minimum absolute atomic E-state index is 0.214. The Balaban J connectivity index is 1.61. The molecule has 0 spiro atoms. The molecular formula is C25H30N4O2. The quantitative estimate of drug-likeness (QED) is 0.605. The van der Waals surface area contributed by atoms with E-state index >= 15 is 0 Å². The van der Waals surface area contributed by atoms with E-state index in [9.17, 15) is 9.59 Å². The third kappa shape index (κ3) is 6.18. The topological polar surface area (TPSA) is 83.5 Å². The molecule has 0 radical (unpaired) electrons. The van der Waals surface area contributed by atoms with Gasteiger partial charge in [-0.05, 0) is 50.1 Å². The second-order valence-corrected chi connectivity index (χ2v) is 7.93. The predicted octanol–water partition coefficient (Wildman–Crippen LogP) is 3.93. The number of amides is 2. The zero-order valence-corrected chi connectivity index (χ0v) is 18.4. The van der Waals surface area contributed by atoms with Crippen molar-refractivity contribution >= 4 is 17.5 Å². The van der Waals surface area contributed by atoms with Crippen LogP contribution in [-0.4, -0.2) is 35.6 Å². The van der Waals surface area contributed by atoms with Crippen LogP contribution in [-0.2, 0) is 11.3 Å². The van der Waals surface area contributed by atoms with Gasteiger partial charge in [-0.25, -0.2) is 4.99 Å². The van der Waals surface area contributed by atoms with E-state index in [0.717, 1.165) is 29.8 Å². The molecule has 0 saturated heterocycles. The third-order valence-corrected chi connectivity index (χ3v) is 5.36. The van der Waals surface area contributed by atoms with Crippen LogP contribution in [0.3, 0.4) is 0 Å². The van der Waals surface area contributed by atoms with E-state index in [4.69, 9.17) is 0 Å². The van der Waals surface area contributed by atoms with Gasteiger partial charge in [0.05, 0.1) is 11.5 Å². The molecule has 2 aromatic rings. The minimum Gasteiger partial charge on any atom is -0.351 e. The second-order valence-electron chi connectivity index (χ2n) is 7.93. The number of aromatic nitrogens is 1. The lowest BCUT2D eigenvalue weighted by atomic mass is 9.95. The van der Waals surface area contributed by atoms with Crippen LogP contribution in [0.5, 0.6) is 0 Å². The van der Waals surface area contributed by atoms with E-state index < -0.39 is 5.92 Å². The SMILES string of the molecule is CCCCNCc1ccc(-c2cncc(C(=O)NCC3C(=O)N=C(C)C=C3C)c2)cc1. The summed E-state index contributed by atoms with van der Waals surface area (Å²) in [6.45, 7) is 7.95. The summed E-state index contributed by atoms with van der Waals surface area (Å²) >= 11 is 0. The van der Waals surface area contributed by atoms with Crippen LogP contribution in [0.2, 0.25) is 0 Å². The highest BCUT2D eigenvalue weighted by Crippen LogP contribution is 2.21. The summed E-state index contributed by atoms with van der Waals surface area (Å²) in [5, 5.41) is 6.28. The molecule has 1 atom stereocenters. The van der Waals surface area contributed by atoms with Crippen molar-refractivity contribution < 1.29 is 9.59 Å². The van der Waals surface area contributed by atoms with Crippen molar-refractivity contribution in [3.8, 4) is 11.1 Å². The first-order valence-electron chi connectivity index (χ1n) is 10.8. The van der Waals surface area contributed by atoms with Crippen molar-refractivity contribution in [1.82, 2.24) is 15.6 Å². The lowest BCUT2D eigenvalue weighted by Crippen LogP contribution is -2.34. The average Bonchev–Trinajstić information content (AvgIpc) is 2.76. The maximum atomic E-state index is 12.6. The molecule has 0 fully saturated rings. The van der Waals surface area contributed by atoms with Crippen molar-refractivity contribution in [1.29, 1.82) is 0 Å². The van der Waals surface area contributed by atoms with Crippen LogP contribution in [0.1, 0.15) is 49.5 Å². The van der Waals surface area contributed by atoms with Crippen molar-refractivity contribution in [3.05, 3.63) is 65.5 Å². The Hall–Kier alpha value is -3.12. The fourth-order valence-electron chi connectivity index (χ4n) is 3.53. The molecule has 6 heteroatoms. The van der Waals surface area contributed by atoms with Crippen LogP contribution in [0.4, 0.5) is 0 Å². The molecule has 2 heterocycles. The van der Waals surface area contributed by atoms with E-state index in [1.165, 1.54) is 18.4 Å². The molecule has 31 heavy (non-hydrogen) atoms. The minimum atomic E-state index is -0.415. The number of hydrogen-bond donors (Lipinski definition) is 2. The second kappa shape index (κ2) is 10.8. The molecule has 2 N–H and O–H groups in total. The van der Waals surface area contributed by atoms with Gasteiger partial charge in [-0.3, -0.25) is 14.6 Å². The number of nitrogens with zero attached hydrogens (tertiary/aromatic N) is 2. The van der Waals surface area contributed by atoms with E-state index in [1.807, 2.05) is 31.2 Å². The number of unbranched alkanes of at least 4 members (excludes halogenated alkanes) is 1. The Bertz CT molecular complexity index is 993. The normalized spacial score (nSPS) is 16.0. The number of dihydropyridines is 1.